The highest BCUT2D eigenvalue weighted by Gasteiger charge is 2.33. The molecule has 0 aromatic heterocycles. The molecule has 1 fully saturated rings. The van der Waals surface area contributed by atoms with Crippen molar-refractivity contribution in [1.82, 2.24) is 4.90 Å². The normalized spacial score (nSPS) is 15.4. The Morgan fingerprint density at radius 1 is 0.914 bits per heavy atom. The topological polar surface area (TPSA) is 113 Å². The quantitative estimate of drug-likeness (QED) is 0.507. The van der Waals surface area contributed by atoms with Crippen molar-refractivity contribution in [2.45, 2.75) is 33.6 Å². The number of rotatable bonds is 9. The third kappa shape index (κ3) is 7.47. The van der Waals surface area contributed by atoms with E-state index >= 15 is 0 Å². The molecule has 0 aliphatic carbocycles. The van der Waals surface area contributed by atoms with E-state index in [1.165, 1.54) is 6.92 Å². The predicted molar refractivity (Wildman–Crippen MR) is 137 cm³/mol. The van der Waals surface area contributed by atoms with E-state index in [1.54, 1.807) is 48.5 Å². The van der Waals surface area contributed by atoms with Crippen molar-refractivity contribution in [3.63, 3.8) is 0 Å². The summed E-state index contributed by atoms with van der Waals surface area (Å²) in [7, 11) is -3.37. The number of likely N-dealkylation sites (tertiary alicyclic amines) is 1. The van der Waals surface area contributed by atoms with E-state index in [0.29, 0.717) is 29.0 Å². The zero-order valence-corrected chi connectivity index (χ0v) is 21.4. The van der Waals surface area contributed by atoms with Gasteiger partial charge in [-0.3, -0.25) is 19.1 Å². The zero-order valence-electron chi connectivity index (χ0n) is 20.6. The van der Waals surface area contributed by atoms with Gasteiger partial charge in [0, 0.05) is 47.3 Å². The Morgan fingerprint density at radius 3 is 1.94 bits per heavy atom. The van der Waals surface area contributed by atoms with Crippen molar-refractivity contribution in [3.05, 3.63) is 59.7 Å². The minimum atomic E-state index is -3.37. The first-order chi connectivity index (χ1) is 16.3. The van der Waals surface area contributed by atoms with Crippen molar-refractivity contribution in [1.29, 1.82) is 0 Å². The molecule has 2 aromatic carbocycles. The second-order valence-electron chi connectivity index (χ2n) is 9.84. The van der Waals surface area contributed by atoms with Gasteiger partial charge in [-0.2, -0.15) is 0 Å². The lowest BCUT2D eigenvalue weighted by molar-refractivity contribution is -0.114. The Kier molecular flexibility index (Phi) is 8.12. The summed E-state index contributed by atoms with van der Waals surface area (Å²) < 4.78 is 25.1. The molecule has 9 heteroatoms. The highest BCUT2D eigenvalue weighted by atomic mass is 32.2. The Hall–Kier alpha value is -3.04. The van der Waals surface area contributed by atoms with Crippen molar-refractivity contribution < 1.29 is 22.8 Å². The van der Waals surface area contributed by atoms with Crippen LogP contribution in [0.3, 0.4) is 0 Å². The van der Waals surface area contributed by atoms with Gasteiger partial charge >= 0.3 is 0 Å². The van der Waals surface area contributed by atoms with E-state index in [0.717, 1.165) is 32.2 Å². The number of hydrogen-bond acceptors (Lipinski definition) is 6. The van der Waals surface area contributed by atoms with Crippen LogP contribution in [0.25, 0.3) is 0 Å². The SMILES string of the molecule is CC(=O)Nc1ccc(C(=O)C2CCN(CC(C)(C)C(=O)c3ccc(NS(C)(=O)=O)cc3)CC2)cc1. The molecule has 35 heavy (non-hydrogen) atoms. The number of carbonyl (C=O) groups excluding carboxylic acids is 3. The molecule has 1 heterocycles. The molecule has 0 unspecified atom stereocenters. The van der Waals surface area contributed by atoms with Crippen LogP contribution in [0.15, 0.2) is 48.5 Å². The van der Waals surface area contributed by atoms with Crippen LogP contribution in [-0.4, -0.2) is 56.7 Å². The average Bonchev–Trinajstić information content (AvgIpc) is 2.78. The molecule has 0 radical (unpaired) electrons. The summed E-state index contributed by atoms with van der Waals surface area (Å²) in [4.78, 5) is 39.5. The van der Waals surface area contributed by atoms with Gasteiger partial charge in [-0.1, -0.05) is 13.8 Å². The molecule has 1 aliphatic rings. The number of piperidine rings is 1. The van der Waals surface area contributed by atoms with Crippen LogP contribution in [-0.2, 0) is 14.8 Å². The van der Waals surface area contributed by atoms with Gasteiger partial charge in [-0.05, 0) is 74.5 Å². The Morgan fingerprint density at radius 2 is 1.43 bits per heavy atom. The average molecular weight is 500 g/mol. The number of nitrogens with zero attached hydrogens (tertiary/aromatic N) is 1. The van der Waals surface area contributed by atoms with E-state index in [4.69, 9.17) is 0 Å². The van der Waals surface area contributed by atoms with E-state index in [2.05, 4.69) is 14.9 Å². The maximum absolute atomic E-state index is 13.1. The van der Waals surface area contributed by atoms with Crippen LogP contribution in [0.4, 0.5) is 11.4 Å². The Balaban J connectivity index is 1.55. The molecule has 3 rings (SSSR count). The number of anilines is 2. The van der Waals surface area contributed by atoms with Crippen LogP contribution < -0.4 is 10.0 Å². The number of carbonyl (C=O) groups is 3. The summed E-state index contributed by atoms with van der Waals surface area (Å²) in [5.74, 6) is -0.122. The number of Topliss-reactive ketones (excluding diaryl/α,β-unsaturated/α-hetero) is 2. The third-order valence-corrected chi connectivity index (χ3v) is 6.74. The smallest absolute Gasteiger partial charge is 0.229 e. The van der Waals surface area contributed by atoms with E-state index in [9.17, 15) is 22.8 Å². The van der Waals surface area contributed by atoms with Crippen molar-refractivity contribution in [3.8, 4) is 0 Å². The predicted octanol–water partition coefficient (Wildman–Crippen LogP) is 3.82. The number of ketones is 2. The number of benzene rings is 2. The fourth-order valence-electron chi connectivity index (χ4n) is 4.44. The van der Waals surface area contributed by atoms with Crippen LogP contribution >= 0.6 is 0 Å². The molecule has 0 bridgehead atoms. The largest absolute Gasteiger partial charge is 0.326 e. The summed E-state index contributed by atoms with van der Waals surface area (Å²) in [6, 6.07) is 13.4. The highest BCUT2D eigenvalue weighted by Crippen LogP contribution is 2.28. The van der Waals surface area contributed by atoms with Gasteiger partial charge < -0.3 is 10.2 Å². The van der Waals surface area contributed by atoms with E-state index in [1.807, 2.05) is 13.8 Å². The minimum Gasteiger partial charge on any atom is -0.326 e. The minimum absolute atomic E-state index is 0.0131. The lowest BCUT2D eigenvalue weighted by Crippen LogP contribution is -2.44. The number of hydrogen-bond donors (Lipinski definition) is 2. The summed E-state index contributed by atoms with van der Waals surface area (Å²) >= 11 is 0. The Bertz CT molecular complexity index is 1180. The molecule has 0 atom stereocenters. The number of amides is 1. The van der Waals surface area contributed by atoms with E-state index in [-0.39, 0.29) is 23.4 Å². The summed E-state index contributed by atoms with van der Waals surface area (Å²) in [6.45, 7) is 7.29. The first kappa shape index (κ1) is 26.6. The summed E-state index contributed by atoms with van der Waals surface area (Å²) in [5.41, 5.74) is 1.61. The van der Waals surface area contributed by atoms with Crippen LogP contribution in [0, 0.1) is 11.3 Å². The van der Waals surface area contributed by atoms with Gasteiger partial charge in [0.15, 0.2) is 11.6 Å². The van der Waals surface area contributed by atoms with Gasteiger partial charge in [0.1, 0.15) is 0 Å². The highest BCUT2D eigenvalue weighted by molar-refractivity contribution is 7.92. The maximum Gasteiger partial charge on any atom is 0.229 e. The molecule has 8 nitrogen and oxygen atoms in total. The molecule has 1 amide bonds. The van der Waals surface area contributed by atoms with Gasteiger partial charge in [0.2, 0.25) is 15.9 Å². The Labute approximate surface area is 207 Å². The van der Waals surface area contributed by atoms with Gasteiger partial charge in [0.25, 0.3) is 0 Å². The second-order valence-corrected chi connectivity index (χ2v) is 11.6. The molecule has 0 spiro atoms. The molecule has 1 saturated heterocycles. The first-order valence-electron chi connectivity index (χ1n) is 11.6. The second kappa shape index (κ2) is 10.7. The van der Waals surface area contributed by atoms with Crippen LogP contribution in [0.2, 0.25) is 0 Å². The van der Waals surface area contributed by atoms with Crippen LogP contribution in [0.1, 0.15) is 54.3 Å². The summed E-state index contributed by atoms with van der Waals surface area (Å²) in [5, 5.41) is 2.70. The molecule has 188 valence electrons. The molecular weight excluding hydrogens is 466 g/mol. The maximum atomic E-state index is 13.1. The monoisotopic (exact) mass is 499 g/mol. The molecule has 1 aliphatic heterocycles. The van der Waals surface area contributed by atoms with Crippen LogP contribution in [0.5, 0.6) is 0 Å². The molecule has 2 aromatic rings. The zero-order chi connectivity index (χ0) is 25.8. The van der Waals surface area contributed by atoms with Gasteiger partial charge in [-0.15, -0.1) is 0 Å². The van der Waals surface area contributed by atoms with Gasteiger partial charge in [-0.25, -0.2) is 8.42 Å². The van der Waals surface area contributed by atoms with Crippen molar-refractivity contribution >= 4 is 38.9 Å². The lowest BCUT2D eigenvalue weighted by atomic mass is 9.82. The molecule has 0 saturated carbocycles. The van der Waals surface area contributed by atoms with Gasteiger partial charge in [0.05, 0.1) is 6.26 Å². The van der Waals surface area contributed by atoms with Crippen molar-refractivity contribution in [2.24, 2.45) is 11.3 Å². The first-order valence-corrected chi connectivity index (χ1v) is 13.5. The van der Waals surface area contributed by atoms with Crippen molar-refractivity contribution in [2.75, 3.05) is 35.9 Å². The van der Waals surface area contributed by atoms with E-state index < -0.39 is 15.4 Å². The fourth-order valence-corrected chi connectivity index (χ4v) is 5.00. The fraction of sp³-hybridized carbons (Fsp3) is 0.423. The molecular formula is C26H33N3O5S. The number of nitrogens with one attached hydrogen (secondary N) is 2. The lowest BCUT2D eigenvalue weighted by Gasteiger charge is -2.36. The standard InChI is InChI=1S/C26H33N3O5S/c1-18(30)27-22-9-5-19(6-10-22)24(31)20-13-15-29(16-14-20)17-26(2,3)25(32)21-7-11-23(12-8-21)28-35(4,33)34/h5-12,20,28H,13-17H2,1-4H3,(H,27,30). The number of sulfonamides is 1. The summed E-state index contributed by atoms with van der Waals surface area (Å²) in [6.07, 6.45) is 2.53. The third-order valence-electron chi connectivity index (χ3n) is 6.13. The molecule has 2 N–H and O–H groups in total.